The molecule has 4 rings (SSSR count). The van der Waals surface area contributed by atoms with Gasteiger partial charge in [-0.25, -0.2) is 0 Å². The summed E-state index contributed by atoms with van der Waals surface area (Å²) in [5.74, 6) is 0.0328. The molecule has 2 heterocycles. The van der Waals surface area contributed by atoms with E-state index in [0.717, 1.165) is 46.8 Å². The van der Waals surface area contributed by atoms with Gasteiger partial charge in [-0.3, -0.25) is 9.59 Å². The van der Waals surface area contributed by atoms with E-state index in [4.69, 9.17) is 0 Å². The van der Waals surface area contributed by atoms with Gasteiger partial charge >= 0.3 is 0 Å². The second kappa shape index (κ2) is 10.5. The molecule has 0 atom stereocenters. The Bertz CT molecular complexity index is 1060. The first kappa shape index (κ1) is 22.9. The van der Waals surface area contributed by atoms with Crippen LogP contribution in [0.5, 0.6) is 0 Å². The molecular formula is C28H28N2O2S. The lowest BCUT2D eigenvalue weighted by Crippen LogP contribution is -2.34. The Morgan fingerprint density at radius 1 is 0.727 bits per heavy atom. The third-order valence-corrected chi connectivity index (χ3v) is 7.06. The second-order valence-corrected chi connectivity index (χ2v) is 9.05. The Kier molecular flexibility index (Phi) is 7.30. The molecule has 0 aromatic heterocycles. The fourth-order valence-corrected chi connectivity index (χ4v) is 5.31. The summed E-state index contributed by atoms with van der Waals surface area (Å²) in [6.07, 6.45) is 13.5. The number of nitrogens with zero attached hydrogens (tertiary/aromatic N) is 2. The van der Waals surface area contributed by atoms with Gasteiger partial charge in [-0.2, -0.15) is 0 Å². The smallest absolute Gasteiger partial charge is 0.254 e. The number of rotatable bonds is 6. The van der Waals surface area contributed by atoms with Crippen molar-refractivity contribution in [2.24, 2.45) is 0 Å². The monoisotopic (exact) mass is 456 g/mol. The molecular weight excluding hydrogens is 428 g/mol. The van der Waals surface area contributed by atoms with Crippen molar-refractivity contribution in [3.05, 3.63) is 96.1 Å². The average Bonchev–Trinajstić information content (AvgIpc) is 2.88. The van der Waals surface area contributed by atoms with E-state index < -0.39 is 0 Å². The molecule has 2 aliphatic rings. The minimum absolute atomic E-state index is 0.0164. The van der Waals surface area contributed by atoms with Crippen molar-refractivity contribution < 1.29 is 9.59 Å². The van der Waals surface area contributed by atoms with Gasteiger partial charge in [-0.15, -0.1) is 0 Å². The minimum Gasteiger partial charge on any atom is -0.335 e. The predicted molar refractivity (Wildman–Crippen MR) is 137 cm³/mol. The van der Waals surface area contributed by atoms with Gasteiger partial charge in [0.05, 0.1) is 0 Å². The molecule has 0 aliphatic carbocycles. The van der Waals surface area contributed by atoms with E-state index in [1.54, 1.807) is 12.2 Å². The Labute approximate surface area is 200 Å². The lowest BCUT2D eigenvalue weighted by atomic mass is 10.1. The quantitative estimate of drug-likeness (QED) is 0.506. The molecule has 0 spiro atoms. The van der Waals surface area contributed by atoms with E-state index in [0.29, 0.717) is 24.2 Å². The molecule has 4 nitrogen and oxygen atoms in total. The largest absolute Gasteiger partial charge is 0.335 e. The van der Waals surface area contributed by atoms with Crippen molar-refractivity contribution in [2.75, 3.05) is 26.2 Å². The van der Waals surface area contributed by atoms with Gasteiger partial charge in [-0.1, -0.05) is 73.5 Å². The SMILES string of the molecule is C=Cc1c(Sc2cccc(C(=O)N3CC=CCC3)c2C=C)cccc1C(=O)N1CC=CCC1. The molecule has 5 heteroatoms. The minimum atomic E-state index is 0.0164. The van der Waals surface area contributed by atoms with Crippen molar-refractivity contribution in [2.45, 2.75) is 22.6 Å². The number of benzene rings is 2. The maximum Gasteiger partial charge on any atom is 0.254 e. The number of hydrogen-bond donors (Lipinski definition) is 0. The van der Waals surface area contributed by atoms with Crippen LogP contribution in [0.4, 0.5) is 0 Å². The summed E-state index contributed by atoms with van der Waals surface area (Å²) in [6, 6.07) is 11.5. The van der Waals surface area contributed by atoms with E-state index in [9.17, 15) is 9.59 Å². The standard InChI is InChI=1S/C28H28N2O2S/c1-3-21-23(27(31)29-17-7-5-8-18-29)13-11-15-25(21)33-26-16-12-14-24(22(26)4-2)28(32)30-19-9-6-10-20-30/h3-7,9,11-16H,1-2,8,10,17-20H2. The summed E-state index contributed by atoms with van der Waals surface area (Å²) in [7, 11) is 0. The van der Waals surface area contributed by atoms with Crippen molar-refractivity contribution in [1.29, 1.82) is 0 Å². The van der Waals surface area contributed by atoms with Crippen LogP contribution in [0.3, 0.4) is 0 Å². The third-order valence-electron chi connectivity index (χ3n) is 5.91. The molecule has 0 bridgehead atoms. The van der Waals surface area contributed by atoms with E-state index in [1.807, 2.05) is 58.4 Å². The van der Waals surface area contributed by atoms with Crippen molar-refractivity contribution in [3.63, 3.8) is 0 Å². The zero-order valence-corrected chi connectivity index (χ0v) is 19.5. The van der Waals surface area contributed by atoms with Crippen LogP contribution in [-0.2, 0) is 0 Å². The summed E-state index contributed by atoms with van der Waals surface area (Å²) in [4.78, 5) is 32.0. The molecule has 0 saturated heterocycles. The van der Waals surface area contributed by atoms with Gasteiger partial charge in [0.15, 0.2) is 0 Å². The Balaban J connectivity index is 1.66. The molecule has 0 unspecified atom stereocenters. The third kappa shape index (κ3) is 4.88. The fraction of sp³-hybridized carbons (Fsp3) is 0.214. The lowest BCUT2D eigenvalue weighted by Gasteiger charge is -2.25. The highest BCUT2D eigenvalue weighted by Gasteiger charge is 2.22. The number of carbonyl (C=O) groups is 2. The van der Waals surface area contributed by atoms with Crippen LogP contribution >= 0.6 is 11.8 Å². The molecule has 2 aromatic carbocycles. The van der Waals surface area contributed by atoms with Crippen molar-refractivity contribution >= 4 is 35.7 Å². The molecule has 0 fully saturated rings. The maximum absolute atomic E-state index is 13.2. The zero-order chi connectivity index (χ0) is 23.2. The first-order chi connectivity index (χ1) is 16.1. The zero-order valence-electron chi connectivity index (χ0n) is 18.7. The van der Waals surface area contributed by atoms with E-state index in [-0.39, 0.29) is 11.8 Å². The van der Waals surface area contributed by atoms with Crippen molar-refractivity contribution in [1.82, 2.24) is 9.80 Å². The second-order valence-electron chi connectivity index (χ2n) is 7.97. The van der Waals surface area contributed by atoms with Crippen LogP contribution in [0.2, 0.25) is 0 Å². The average molecular weight is 457 g/mol. The van der Waals surface area contributed by atoms with Crippen LogP contribution < -0.4 is 0 Å². The Morgan fingerprint density at radius 2 is 1.18 bits per heavy atom. The molecule has 2 aliphatic heterocycles. The first-order valence-corrected chi connectivity index (χ1v) is 12.0. The highest BCUT2D eigenvalue weighted by atomic mass is 32.2. The van der Waals surface area contributed by atoms with Crippen molar-refractivity contribution in [3.8, 4) is 0 Å². The maximum atomic E-state index is 13.2. The summed E-state index contributed by atoms with van der Waals surface area (Å²) in [6.45, 7) is 10.7. The van der Waals surface area contributed by atoms with Crippen LogP contribution in [-0.4, -0.2) is 47.8 Å². The number of carbonyl (C=O) groups excluding carboxylic acids is 2. The number of hydrogen-bond acceptors (Lipinski definition) is 3. The topological polar surface area (TPSA) is 40.6 Å². The highest BCUT2D eigenvalue weighted by molar-refractivity contribution is 7.99. The molecule has 2 amide bonds. The Morgan fingerprint density at radius 3 is 1.55 bits per heavy atom. The lowest BCUT2D eigenvalue weighted by molar-refractivity contribution is 0.0763. The van der Waals surface area contributed by atoms with E-state index in [2.05, 4.69) is 25.3 Å². The molecule has 2 aromatic rings. The van der Waals surface area contributed by atoms with Gasteiger partial charge in [0.25, 0.3) is 11.8 Å². The van der Waals surface area contributed by atoms with Gasteiger partial charge in [0.2, 0.25) is 0 Å². The van der Waals surface area contributed by atoms with Crippen LogP contribution in [0.15, 0.2) is 83.7 Å². The highest BCUT2D eigenvalue weighted by Crippen LogP contribution is 2.37. The number of amides is 2. The molecule has 168 valence electrons. The molecule has 0 N–H and O–H groups in total. The normalized spacial score (nSPS) is 15.4. The molecule has 0 radical (unpaired) electrons. The summed E-state index contributed by atoms with van der Waals surface area (Å²) >= 11 is 1.53. The van der Waals surface area contributed by atoms with E-state index in [1.165, 1.54) is 11.8 Å². The van der Waals surface area contributed by atoms with Gasteiger partial charge in [0, 0.05) is 58.2 Å². The fourth-order valence-electron chi connectivity index (χ4n) is 4.17. The van der Waals surface area contributed by atoms with Gasteiger partial charge in [0.1, 0.15) is 0 Å². The van der Waals surface area contributed by atoms with Crippen LogP contribution in [0.25, 0.3) is 12.2 Å². The summed E-state index contributed by atoms with van der Waals surface area (Å²) < 4.78 is 0. The molecule has 0 saturated carbocycles. The summed E-state index contributed by atoms with van der Waals surface area (Å²) in [5, 5.41) is 0. The summed E-state index contributed by atoms with van der Waals surface area (Å²) in [5.41, 5.74) is 2.93. The van der Waals surface area contributed by atoms with Crippen LogP contribution in [0, 0.1) is 0 Å². The van der Waals surface area contributed by atoms with Gasteiger partial charge < -0.3 is 9.80 Å². The Hall–Kier alpha value is -3.31. The predicted octanol–water partition coefficient (Wildman–Crippen LogP) is 5.93. The van der Waals surface area contributed by atoms with Crippen LogP contribution in [0.1, 0.15) is 44.7 Å². The van der Waals surface area contributed by atoms with Gasteiger partial charge in [-0.05, 0) is 37.1 Å². The first-order valence-electron chi connectivity index (χ1n) is 11.2. The van der Waals surface area contributed by atoms with E-state index >= 15 is 0 Å². The molecule has 33 heavy (non-hydrogen) atoms.